The molecule has 8 heteroatoms. The third-order valence-electron chi connectivity index (χ3n) is 3.81. The van der Waals surface area contributed by atoms with E-state index in [1.54, 1.807) is 24.4 Å². The number of amides is 1. The number of halogens is 3. The van der Waals surface area contributed by atoms with E-state index in [2.05, 4.69) is 26.3 Å². The van der Waals surface area contributed by atoms with Gasteiger partial charge < -0.3 is 10.1 Å². The van der Waals surface area contributed by atoms with Crippen molar-refractivity contribution in [3.8, 4) is 5.75 Å². The lowest BCUT2D eigenvalue weighted by molar-refractivity contribution is -0.118. The van der Waals surface area contributed by atoms with Crippen molar-refractivity contribution in [3.63, 3.8) is 0 Å². The van der Waals surface area contributed by atoms with Gasteiger partial charge >= 0.3 is 0 Å². The van der Waals surface area contributed by atoms with E-state index in [4.69, 9.17) is 16.3 Å². The van der Waals surface area contributed by atoms with Gasteiger partial charge in [0.1, 0.15) is 11.6 Å². The standard InChI is InChI=1S/C19H16BrClFN3O2/c1-12-5-2-3-8-17(12)27-11-18(26)23-19-14(20)10-25(24-19)9-13-15(21)6-4-7-16(13)22/h2-8,10H,9,11H2,1H3,(H,23,24,26). The molecule has 1 amide bonds. The van der Waals surface area contributed by atoms with Gasteiger partial charge in [0, 0.05) is 16.8 Å². The molecule has 0 fully saturated rings. The lowest BCUT2D eigenvalue weighted by atomic mass is 10.2. The largest absolute Gasteiger partial charge is 0.483 e. The number of hydrogen-bond acceptors (Lipinski definition) is 3. The second-order valence-electron chi connectivity index (χ2n) is 5.83. The lowest BCUT2D eigenvalue weighted by Crippen LogP contribution is -2.21. The highest BCUT2D eigenvalue weighted by Gasteiger charge is 2.14. The first-order chi connectivity index (χ1) is 12.9. The predicted octanol–water partition coefficient (Wildman–Crippen LogP) is 4.81. The van der Waals surface area contributed by atoms with Gasteiger partial charge in [0.2, 0.25) is 0 Å². The number of anilines is 1. The zero-order chi connectivity index (χ0) is 19.4. The molecule has 1 heterocycles. The first-order valence-corrected chi connectivity index (χ1v) is 9.25. The van der Waals surface area contributed by atoms with Crippen LogP contribution in [0.5, 0.6) is 5.75 Å². The molecule has 0 aliphatic rings. The SMILES string of the molecule is Cc1ccccc1OCC(=O)Nc1nn(Cc2c(F)cccc2Cl)cc1Br. The average molecular weight is 453 g/mol. The number of rotatable bonds is 6. The molecule has 2 aromatic carbocycles. The molecular formula is C19H16BrClFN3O2. The lowest BCUT2D eigenvalue weighted by Gasteiger charge is -2.08. The summed E-state index contributed by atoms with van der Waals surface area (Å²) in [6, 6.07) is 11.9. The maximum Gasteiger partial charge on any atom is 0.263 e. The van der Waals surface area contributed by atoms with Gasteiger partial charge in [-0.1, -0.05) is 35.9 Å². The fourth-order valence-electron chi connectivity index (χ4n) is 2.44. The predicted molar refractivity (Wildman–Crippen MR) is 106 cm³/mol. The Labute approximate surface area is 169 Å². The van der Waals surface area contributed by atoms with Gasteiger partial charge in [0.05, 0.1) is 11.0 Å². The summed E-state index contributed by atoms with van der Waals surface area (Å²) in [6.45, 7) is 1.89. The molecule has 0 radical (unpaired) electrons. The van der Waals surface area contributed by atoms with E-state index >= 15 is 0 Å². The van der Waals surface area contributed by atoms with E-state index in [1.807, 2.05) is 25.1 Å². The van der Waals surface area contributed by atoms with E-state index in [9.17, 15) is 9.18 Å². The molecule has 5 nitrogen and oxygen atoms in total. The summed E-state index contributed by atoms with van der Waals surface area (Å²) in [7, 11) is 0. The molecule has 1 aromatic heterocycles. The van der Waals surface area contributed by atoms with Crippen molar-refractivity contribution in [2.24, 2.45) is 0 Å². The van der Waals surface area contributed by atoms with Gasteiger partial charge in [-0.05, 0) is 46.6 Å². The summed E-state index contributed by atoms with van der Waals surface area (Å²) in [6.07, 6.45) is 1.64. The minimum absolute atomic E-state index is 0.139. The van der Waals surface area contributed by atoms with Gasteiger partial charge in [-0.3, -0.25) is 9.48 Å². The first kappa shape index (κ1) is 19.4. The molecule has 1 N–H and O–H groups in total. The number of nitrogens with zero attached hydrogens (tertiary/aromatic N) is 2. The van der Waals surface area contributed by atoms with Gasteiger partial charge in [-0.2, -0.15) is 5.10 Å². The summed E-state index contributed by atoms with van der Waals surface area (Å²) in [4.78, 5) is 12.1. The second kappa shape index (κ2) is 8.54. The summed E-state index contributed by atoms with van der Waals surface area (Å²) in [5.74, 6) is 0.201. The van der Waals surface area contributed by atoms with Gasteiger partial charge in [0.15, 0.2) is 12.4 Å². The number of aromatic nitrogens is 2. The molecule has 0 aliphatic heterocycles. The number of benzene rings is 2. The van der Waals surface area contributed by atoms with Crippen LogP contribution in [0.1, 0.15) is 11.1 Å². The molecule has 27 heavy (non-hydrogen) atoms. The highest BCUT2D eigenvalue weighted by atomic mass is 79.9. The van der Waals surface area contributed by atoms with Gasteiger partial charge in [0.25, 0.3) is 5.91 Å². The van der Waals surface area contributed by atoms with Crippen molar-refractivity contribution >= 4 is 39.3 Å². The Bertz CT molecular complexity index is 957. The zero-order valence-electron chi connectivity index (χ0n) is 14.4. The third kappa shape index (κ3) is 4.87. The van der Waals surface area contributed by atoms with Crippen LogP contribution in [0.4, 0.5) is 10.2 Å². The molecule has 0 aliphatic carbocycles. The highest BCUT2D eigenvalue weighted by Crippen LogP contribution is 2.24. The number of carbonyl (C=O) groups excluding carboxylic acids is 1. The van der Waals surface area contributed by atoms with E-state index in [0.717, 1.165) is 5.56 Å². The molecule has 0 saturated heterocycles. The van der Waals surface area contributed by atoms with Crippen LogP contribution in [0.2, 0.25) is 5.02 Å². The summed E-state index contributed by atoms with van der Waals surface area (Å²) < 4.78 is 21.5. The van der Waals surface area contributed by atoms with E-state index < -0.39 is 5.82 Å². The topological polar surface area (TPSA) is 56.1 Å². The Morgan fingerprint density at radius 2 is 2.07 bits per heavy atom. The highest BCUT2D eigenvalue weighted by molar-refractivity contribution is 9.10. The Balaban J connectivity index is 1.64. The second-order valence-corrected chi connectivity index (χ2v) is 7.09. The van der Waals surface area contributed by atoms with Gasteiger partial charge in [-0.15, -0.1) is 0 Å². The fourth-order valence-corrected chi connectivity index (χ4v) is 3.08. The fraction of sp³-hybridized carbons (Fsp3) is 0.158. The Morgan fingerprint density at radius 1 is 1.30 bits per heavy atom. The molecule has 0 saturated carbocycles. The van der Waals surface area contributed by atoms with Crippen LogP contribution in [-0.2, 0) is 11.3 Å². The number of aryl methyl sites for hydroxylation is 1. The van der Waals surface area contributed by atoms with Crippen molar-refractivity contribution in [1.82, 2.24) is 9.78 Å². The summed E-state index contributed by atoms with van der Waals surface area (Å²) in [5.41, 5.74) is 1.27. The Kier molecular flexibility index (Phi) is 6.13. The summed E-state index contributed by atoms with van der Waals surface area (Å²) in [5, 5.41) is 7.24. The van der Waals surface area contributed by atoms with Crippen molar-refractivity contribution in [3.05, 3.63) is 75.1 Å². The van der Waals surface area contributed by atoms with Crippen LogP contribution < -0.4 is 10.1 Å². The molecule has 0 unspecified atom stereocenters. The van der Waals surface area contributed by atoms with E-state index in [-0.39, 0.29) is 19.1 Å². The number of hydrogen-bond donors (Lipinski definition) is 1. The number of para-hydroxylation sites is 1. The normalized spacial score (nSPS) is 10.7. The molecular weight excluding hydrogens is 437 g/mol. The average Bonchev–Trinajstić information content (AvgIpc) is 2.97. The van der Waals surface area contributed by atoms with Crippen LogP contribution in [0.25, 0.3) is 0 Å². The van der Waals surface area contributed by atoms with Crippen LogP contribution >= 0.6 is 27.5 Å². The van der Waals surface area contributed by atoms with Crippen LogP contribution in [-0.4, -0.2) is 22.3 Å². The zero-order valence-corrected chi connectivity index (χ0v) is 16.7. The number of carbonyl (C=O) groups is 1. The minimum atomic E-state index is -0.411. The molecule has 0 spiro atoms. The smallest absolute Gasteiger partial charge is 0.263 e. The van der Waals surface area contributed by atoms with Crippen molar-refractivity contribution in [2.45, 2.75) is 13.5 Å². The van der Waals surface area contributed by atoms with Crippen LogP contribution in [0.15, 0.2) is 53.1 Å². The number of nitrogens with one attached hydrogen (secondary N) is 1. The summed E-state index contributed by atoms with van der Waals surface area (Å²) >= 11 is 9.38. The van der Waals surface area contributed by atoms with Crippen molar-refractivity contribution in [2.75, 3.05) is 11.9 Å². The maximum absolute atomic E-state index is 13.9. The van der Waals surface area contributed by atoms with E-state index in [0.29, 0.717) is 26.6 Å². The first-order valence-electron chi connectivity index (χ1n) is 8.08. The quantitative estimate of drug-likeness (QED) is 0.584. The number of ether oxygens (including phenoxy) is 1. The third-order valence-corrected chi connectivity index (χ3v) is 4.74. The van der Waals surface area contributed by atoms with Crippen molar-refractivity contribution < 1.29 is 13.9 Å². The van der Waals surface area contributed by atoms with Crippen molar-refractivity contribution in [1.29, 1.82) is 0 Å². The molecule has 3 aromatic rings. The molecule has 0 bridgehead atoms. The minimum Gasteiger partial charge on any atom is -0.483 e. The Morgan fingerprint density at radius 3 is 2.81 bits per heavy atom. The Hall–Kier alpha value is -2.38. The molecule has 3 rings (SSSR count). The van der Waals surface area contributed by atoms with Crippen LogP contribution in [0, 0.1) is 12.7 Å². The maximum atomic E-state index is 13.9. The molecule has 140 valence electrons. The monoisotopic (exact) mass is 451 g/mol. The molecule has 0 atom stereocenters. The van der Waals surface area contributed by atoms with Gasteiger partial charge in [-0.25, -0.2) is 4.39 Å². The van der Waals surface area contributed by atoms with E-state index in [1.165, 1.54) is 10.7 Å². The van der Waals surface area contributed by atoms with Crippen LogP contribution in [0.3, 0.4) is 0 Å².